The number of hydrogen-bond acceptors (Lipinski definition) is 3. The average Bonchev–Trinajstić information content (AvgIpc) is 2.73. The van der Waals surface area contributed by atoms with Gasteiger partial charge in [-0.15, -0.1) is 6.58 Å². The Labute approximate surface area is 116 Å². The van der Waals surface area contributed by atoms with Crippen molar-refractivity contribution in [1.82, 2.24) is 5.32 Å². The quantitative estimate of drug-likeness (QED) is 0.743. The molecule has 4 heteroatoms. The van der Waals surface area contributed by atoms with Crippen LogP contribution in [0.4, 0.5) is 0 Å². The Bertz CT molecular complexity index is 438. The molecular formula is C14H19BrN2O. The van der Waals surface area contributed by atoms with Gasteiger partial charge in [-0.25, -0.2) is 0 Å². The maximum Gasteiger partial charge on any atom is 0.0636 e. The molecule has 18 heavy (non-hydrogen) atoms. The van der Waals surface area contributed by atoms with Crippen LogP contribution in [0.2, 0.25) is 0 Å². The molecular weight excluding hydrogens is 292 g/mol. The molecule has 1 aliphatic heterocycles. The smallest absolute Gasteiger partial charge is 0.0636 e. The summed E-state index contributed by atoms with van der Waals surface area (Å²) in [7, 11) is 0. The highest BCUT2D eigenvalue weighted by Gasteiger charge is 2.44. The summed E-state index contributed by atoms with van der Waals surface area (Å²) in [5.74, 6) is 0.00444. The Hall–Kier alpha value is -0.680. The second kappa shape index (κ2) is 5.53. The van der Waals surface area contributed by atoms with E-state index in [0.29, 0.717) is 13.0 Å². The lowest BCUT2D eigenvalue weighted by molar-refractivity contribution is 0.0845. The first-order chi connectivity index (χ1) is 8.58. The molecule has 1 aromatic rings. The molecule has 0 spiro atoms. The largest absolute Gasteiger partial charge is 0.392 e. The molecule has 1 fully saturated rings. The number of nitrogens with one attached hydrogen (secondary N) is 1. The highest BCUT2D eigenvalue weighted by Crippen LogP contribution is 2.34. The third-order valence-corrected chi connectivity index (χ3v) is 4.17. The van der Waals surface area contributed by atoms with Crippen LogP contribution in [0.1, 0.15) is 12.0 Å². The van der Waals surface area contributed by atoms with E-state index in [1.54, 1.807) is 6.08 Å². The van der Waals surface area contributed by atoms with Crippen molar-refractivity contribution < 1.29 is 5.11 Å². The van der Waals surface area contributed by atoms with Gasteiger partial charge in [0.25, 0.3) is 0 Å². The molecule has 3 atom stereocenters. The average molecular weight is 311 g/mol. The molecule has 0 saturated carbocycles. The molecule has 0 aromatic heterocycles. The Morgan fingerprint density at radius 3 is 3.11 bits per heavy atom. The van der Waals surface area contributed by atoms with Crippen LogP contribution in [0.5, 0.6) is 0 Å². The topological polar surface area (TPSA) is 58.3 Å². The lowest BCUT2D eigenvalue weighted by atomic mass is 9.78. The molecule has 0 radical (unpaired) electrons. The number of halogens is 1. The summed E-state index contributed by atoms with van der Waals surface area (Å²) < 4.78 is 1.01. The third kappa shape index (κ3) is 2.52. The lowest BCUT2D eigenvalue weighted by Crippen LogP contribution is -2.48. The van der Waals surface area contributed by atoms with Gasteiger partial charge in [-0.2, -0.15) is 0 Å². The highest BCUT2D eigenvalue weighted by molar-refractivity contribution is 9.10. The number of nitrogens with two attached hydrogens (primary N) is 1. The minimum Gasteiger partial charge on any atom is -0.392 e. The summed E-state index contributed by atoms with van der Waals surface area (Å²) >= 11 is 3.47. The normalized spacial score (nSPS) is 29.2. The second-order valence-corrected chi connectivity index (χ2v) is 5.80. The fourth-order valence-electron chi connectivity index (χ4n) is 2.66. The molecule has 98 valence electrons. The van der Waals surface area contributed by atoms with E-state index >= 15 is 0 Å². The number of aliphatic hydroxyl groups is 1. The van der Waals surface area contributed by atoms with E-state index in [-0.39, 0.29) is 5.92 Å². The maximum absolute atomic E-state index is 10.2. The predicted octanol–water partition coefficient (Wildman–Crippen LogP) is 1.76. The standard InChI is InChI=1S/C14H19BrN2O/c1-2-4-13(18)12-8-17-9-14(12,16)10-5-3-6-11(15)7-10/h2-3,5-7,12-13,17-18H,1,4,8-9,16H2/t12-,13?,14+/m0/s1. The number of benzene rings is 1. The molecule has 0 aliphatic carbocycles. The molecule has 0 bridgehead atoms. The van der Waals surface area contributed by atoms with E-state index in [2.05, 4.69) is 27.8 Å². The molecule has 1 aromatic carbocycles. The van der Waals surface area contributed by atoms with E-state index in [4.69, 9.17) is 5.73 Å². The van der Waals surface area contributed by atoms with Crippen molar-refractivity contribution >= 4 is 15.9 Å². The van der Waals surface area contributed by atoms with Gasteiger partial charge in [-0.3, -0.25) is 0 Å². The van der Waals surface area contributed by atoms with E-state index < -0.39 is 11.6 Å². The van der Waals surface area contributed by atoms with Crippen molar-refractivity contribution in [2.75, 3.05) is 13.1 Å². The van der Waals surface area contributed by atoms with Crippen LogP contribution in [-0.4, -0.2) is 24.3 Å². The monoisotopic (exact) mass is 310 g/mol. The van der Waals surface area contributed by atoms with Crippen molar-refractivity contribution in [2.24, 2.45) is 11.7 Å². The molecule has 2 rings (SSSR count). The zero-order valence-electron chi connectivity index (χ0n) is 10.3. The number of hydrogen-bond donors (Lipinski definition) is 3. The summed E-state index contributed by atoms with van der Waals surface area (Å²) in [6.45, 7) is 5.09. The highest BCUT2D eigenvalue weighted by atomic mass is 79.9. The van der Waals surface area contributed by atoms with Crippen molar-refractivity contribution in [3.05, 3.63) is 47.0 Å². The lowest BCUT2D eigenvalue weighted by Gasteiger charge is -2.34. The molecule has 1 heterocycles. The van der Waals surface area contributed by atoms with Crippen LogP contribution >= 0.6 is 15.9 Å². The van der Waals surface area contributed by atoms with Gasteiger partial charge in [0.1, 0.15) is 0 Å². The molecule has 3 nitrogen and oxygen atoms in total. The molecule has 4 N–H and O–H groups in total. The molecule has 0 amide bonds. The summed E-state index contributed by atoms with van der Waals surface area (Å²) in [4.78, 5) is 0. The second-order valence-electron chi connectivity index (χ2n) is 4.88. The summed E-state index contributed by atoms with van der Waals surface area (Å²) in [6, 6.07) is 8.00. The van der Waals surface area contributed by atoms with Crippen LogP contribution in [0.3, 0.4) is 0 Å². The Balaban J connectivity index is 2.30. The Kier molecular flexibility index (Phi) is 4.22. The Morgan fingerprint density at radius 2 is 2.44 bits per heavy atom. The van der Waals surface area contributed by atoms with Gasteiger partial charge in [0.2, 0.25) is 0 Å². The van der Waals surface area contributed by atoms with E-state index in [9.17, 15) is 5.11 Å². The molecule has 1 aliphatic rings. The van der Waals surface area contributed by atoms with Crippen molar-refractivity contribution in [1.29, 1.82) is 0 Å². The van der Waals surface area contributed by atoms with Gasteiger partial charge in [-0.05, 0) is 24.1 Å². The fourth-order valence-corrected chi connectivity index (χ4v) is 3.06. The summed E-state index contributed by atoms with van der Waals surface area (Å²) in [5.41, 5.74) is 7.08. The van der Waals surface area contributed by atoms with E-state index in [0.717, 1.165) is 16.6 Å². The minimum atomic E-state index is -0.522. The van der Waals surface area contributed by atoms with E-state index in [1.165, 1.54) is 0 Å². The molecule has 1 unspecified atom stereocenters. The van der Waals surface area contributed by atoms with Gasteiger partial charge in [0.05, 0.1) is 11.6 Å². The summed E-state index contributed by atoms with van der Waals surface area (Å²) in [6.07, 6.45) is 1.85. The SMILES string of the molecule is C=CCC(O)[C@@H]1CNC[C@@]1(N)c1cccc(Br)c1. The van der Waals surface area contributed by atoms with Crippen LogP contribution < -0.4 is 11.1 Å². The van der Waals surface area contributed by atoms with Gasteiger partial charge in [0.15, 0.2) is 0 Å². The first-order valence-electron chi connectivity index (χ1n) is 6.12. The van der Waals surface area contributed by atoms with Crippen molar-refractivity contribution in [3.8, 4) is 0 Å². The van der Waals surface area contributed by atoms with Crippen LogP contribution in [0.15, 0.2) is 41.4 Å². The predicted molar refractivity (Wildman–Crippen MR) is 77.2 cm³/mol. The summed E-state index contributed by atoms with van der Waals surface area (Å²) in [5, 5.41) is 13.5. The van der Waals surface area contributed by atoms with Gasteiger partial charge in [-0.1, -0.05) is 34.1 Å². The number of aliphatic hydroxyl groups excluding tert-OH is 1. The van der Waals surface area contributed by atoms with Crippen LogP contribution in [0.25, 0.3) is 0 Å². The zero-order valence-corrected chi connectivity index (χ0v) is 11.9. The minimum absolute atomic E-state index is 0.00444. The van der Waals surface area contributed by atoms with Crippen LogP contribution in [-0.2, 0) is 5.54 Å². The molecule has 1 saturated heterocycles. The van der Waals surface area contributed by atoms with Crippen molar-refractivity contribution in [2.45, 2.75) is 18.1 Å². The van der Waals surface area contributed by atoms with Gasteiger partial charge < -0.3 is 16.2 Å². The fraction of sp³-hybridized carbons (Fsp3) is 0.429. The maximum atomic E-state index is 10.2. The van der Waals surface area contributed by atoms with Crippen molar-refractivity contribution in [3.63, 3.8) is 0 Å². The van der Waals surface area contributed by atoms with Gasteiger partial charge >= 0.3 is 0 Å². The van der Waals surface area contributed by atoms with Crippen LogP contribution in [0, 0.1) is 5.92 Å². The first-order valence-corrected chi connectivity index (χ1v) is 6.92. The zero-order chi connectivity index (χ0) is 13.2. The third-order valence-electron chi connectivity index (χ3n) is 3.68. The number of rotatable bonds is 4. The Morgan fingerprint density at radius 1 is 1.67 bits per heavy atom. The van der Waals surface area contributed by atoms with E-state index in [1.807, 2.05) is 24.3 Å². The first kappa shape index (κ1) is 13.7. The van der Waals surface area contributed by atoms with Gasteiger partial charge in [0, 0.05) is 23.5 Å².